The van der Waals surface area contributed by atoms with Gasteiger partial charge in [0, 0.05) is 10.7 Å². The summed E-state index contributed by atoms with van der Waals surface area (Å²) in [5.74, 6) is -0.318. The van der Waals surface area contributed by atoms with Crippen molar-refractivity contribution in [2.45, 2.75) is 6.04 Å². The number of nitrogens with one attached hydrogen (secondary N) is 1. The molecular weight excluding hydrogens is 251 g/mol. The van der Waals surface area contributed by atoms with Crippen LogP contribution in [-0.2, 0) is 0 Å². The van der Waals surface area contributed by atoms with Crippen molar-refractivity contribution in [3.8, 4) is 6.07 Å². The first-order valence-electron chi connectivity index (χ1n) is 5.36. The Hall–Kier alpha value is -2.05. The highest BCUT2D eigenvalue weighted by Crippen LogP contribution is 2.20. The van der Waals surface area contributed by atoms with Gasteiger partial charge in [0.15, 0.2) is 0 Å². The summed E-state index contributed by atoms with van der Waals surface area (Å²) in [4.78, 5) is 0. The fraction of sp³-hybridized carbons (Fsp3) is 0.0714. The third-order valence-corrected chi connectivity index (χ3v) is 2.74. The Bertz CT molecular complexity index is 558. The van der Waals surface area contributed by atoms with Crippen molar-refractivity contribution >= 4 is 17.3 Å². The minimum absolute atomic E-state index is 0.318. The van der Waals surface area contributed by atoms with Gasteiger partial charge in [-0.15, -0.1) is 0 Å². The van der Waals surface area contributed by atoms with E-state index in [1.807, 2.05) is 0 Å². The number of nitrogens with zero attached hydrogens (tertiary/aromatic N) is 1. The molecule has 0 amide bonds. The molecule has 2 aromatic rings. The standard InChI is InChI=1S/C14H10ClFN2/c15-11-3-7-13(8-4-11)18-14(9-17)10-1-5-12(16)6-2-10/h1-8,14,18H. The first-order chi connectivity index (χ1) is 8.69. The van der Waals surface area contributed by atoms with Crippen molar-refractivity contribution in [1.29, 1.82) is 5.26 Å². The van der Waals surface area contributed by atoms with E-state index in [1.54, 1.807) is 36.4 Å². The molecule has 2 aromatic carbocycles. The smallest absolute Gasteiger partial charge is 0.140 e. The molecule has 0 aliphatic carbocycles. The maximum absolute atomic E-state index is 12.8. The van der Waals surface area contributed by atoms with Gasteiger partial charge < -0.3 is 5.32 Å². The molecule has 0 saturated heterocycles. The predicted octanol–water partition coefficient (Wildman–Crippen LogP) is 4.16. The van der Waals surface area contributed by atoms with Gasteiger partial charge in [-0.1, -0.05) is 23.7 Å². The summed E-state index contributed by atoms with van der Waals surface area (Å²) in [5, 5.41) is 12.8. The van der Waals surface area contributed by atoms with Crippen molar-refractivity contribution in [3.05, 3.63) is 64.9 Å². The number of rotatable bonds is 3. The number of anilines is 1. The molecule has 1 unspecified atom stereocenters. The van der Waals surface area contributed by atoms with Crippen LogP contribution in [0.1, 0.15) is 11.6 Å². The van der Waals surface area contributed by atoms with Gasteiger partial charge in [-0.3, -0.25) is 0 Å². The van der Waals surface area contributed by atoms with Crippen LogP contribution in [0.15, 0.2) is 48.5 Å². The quantitative estimate of drug-likeness (QED) is 0.900. The Balaban J connectivity index is 2.17. The summed E-state index contributed by atoms with van der Waals surface area (Å²) < 4.78 is 12.8. The molecule has 0 saturated carbocycles. The summed E-state index contributed by atoms with van der Waals surface area (Å²) >= 11 is 5.78. The van der Waals surface area contributed by atoms with Crippen LogP contribution in [0.5, 0.6) is 0 Å². The predicted molar refractivity (Wildman–Crippen MR) is 69.8 cm³/mol. The second kappa shape index (κ2) is 5.52. The fourth-order valence-corrected chi connectivity index (χ4v) is 1.68. The lowest BCUT2D eigenvalue weighted by Gasteiger charge is -2.13. The average molecular weight is 261 g/mol. The molecule has 90 valence electrons. The maximum Gasteiger partial charge on any atom is 0.140 e. The molecule has 0 bridgehead atoms. The van der Waals surface area contributed by atoms with E-state index in [4.69, 9.17) is 16.9 Å². The molecule has 1 N–H and O–H groups in total. The molecule has 2 rings (SSSR count). The molecule has 0 aliphatic rings. The number of halogens is 2. The van der Waals surface area contributed by atoms with Gasteiger partial charge in [0.05, 0.1) is 6.07 Å². The number of hydrogen-bond donors (Lipinski definition) is 1. The second-order valence-electron chi connectivity index (χ2n) is 3.76. The van der Waals surface area contributed by atoms with Gasteiger partial charge in [-0.2, -0.15) is 5.26 Å². The molecule has 0 aliphatic heterocycles. The van der Waals surface area contributed by atoms with Crippen LogP contribution in [0.2, 0.25) is 5.02 Å². The van der Waals surface area contributed by atoms with Crippen LogP contribution < -0.4 is 5.32 Å². The van der Waals surface area contributed by atoms with E-state index in [0.717, 1.165) is 5.69 Å². The van der Waals surface area contributed by atoms with E-state index in [-0.39, 0.29) is 5.82 Å². The minimum atomic E-state index is -0.522. The van der Waals surface area contributed by atoms with Crippen molar-refractivity contribution in [2.24, 2.45) is 0 Å². The number of benzene rings is 2. The van der Waals surface area contributed by atoms with Gasteiger partial charge >= 0.3 is 0 Å². The zero-order valence-electron chi connectivity index (χ0n) is 9.40. The summed E-state index contributed by atoms with van der Waals surface area (Å²) in [6, 6.07) is 14.5. The van der Waals surface area contributed by atoms with Gasteiger partial charge in [0.2, 0.25) is 0 Å². The molecule has 1 atom stereocenters. The molecular formula is C14H10ClFN2. The minimum Gasteiger partial charge on any atom is -0.366 e. The second-order valence-corrected chi connectivity index (χ2v) is 4.20. The monoisotopic (exact) mass is 260 g/mol. The maximum atomic E-state index is 12.8. The summed E-state index contributed by atoms with van der Waals surface area (Å²) in [5.41, 5.74) is 1.50. The molecule has 0 radical (unpaired) electrons. The largest absolute Gasteiger partial charge is 0.366 e. The summed E-state index contributed by atoms with van der Waals surface area (Å²) in [7, 11) is 0. The SMILES string of the molecule is N#CC(Nc1ccc(Cl)cc1)c1ccc(F)cc1. The van der Waals surface area contributed by atoms with Crippen LogP contribution in [0, 0.1) is 17.1 Å². The van der Waals surface area contributed by atoms with Gasteiger partial charge in [-0.25, -0.2) is 4.39 Å². The van der Waals surface area contributed by atoms with Crippen molar-refractivity contribution in [3.63, 3.8) is 0 Å². The Kier molecular flexibility index (Phi) is 3.81. The molecule has 4 heteroatoms. The van der Waals surface area contributed by atoms with Crippen molar-refractivity contribution in [2.75, 3.05) is 5.32 Å². The molecule has 18 heavy (non-hydrogen) atoms. The Morgan fingerprint density at radius 2 is 1.67 bits per heavy atom. The van der Waals surface area contributed by atoms with E-state index < -0.39 is 6.04 Å². The molecule has 0 spiro atoms. The third-order valence-electron chi connectivity index (χ3n) is 2.49. The van der Waals surface area contributed by atoms with Crippen LogP contribution in [0.25, 0.3) is 0 Å². The van der Waals surface area contributed by atoms with E-state index in [9.17, 15) is 4.39 Å². The topological polar surface area (TPSA) is 35.8 Å². The van der Waals surface area contributed by atoms with Gasteiger partial charge in [-0.05, 0) is 42.0 Å². The molecule has 0 aromatic heterocycles. The van der Waals surface area contributed by atoms with Crippen LogP contribution >= 0.6 is 11.6 Å². The highest BCUT2D eigenvalue weighted by Gasteiger charge is 2.09. The average Bonchev–Trinajstić information content (AvgIpc) is 2.39. The van der Waals surface area contributed by atoms with Crippen LogP contribution in [0.3, 0.4) is 0 Å². The molecule has 0 fully saturated rings. The summed E-state index contributed by atoms with van der Waals surface area (Å²) in [6.45, 7) is 0. The highest BCUT2D eigenvalue weighted by atomic mass is 35.5. The Morgan fingerprint density at radius 3 is 2.22 bits per heavy atom. The Morgan fingerprint density at radius 1 is 1.06 bits per heavy atom. The zero-order chi connectivity index (χ0) is 13.0. The third kappa shape index (κ3) is 2.99. The van der Waals surface area contributed by atoms with E-state index in [1.165, 1.54) is 12.1 Å². The van der Waals surface area contributed by atoms with Crippen LogP contribution in [0.4, 0.5) is 10.1 Å². The number of hydrogen-bond acceptors (Lipinski definition) is 2. The lowest BCUT2D eigenvalue weighted by Crippen LogP contribution is -2.08. The van der Waals surface area contributed by atoms with E-state index in [2.05, 4.69) is 11.4 Å². The number of nitriles is 1. The highest BCUT2D eigenvalue weighted by molar-refractivity contribution is 6.30. The lowest BCUT2D eigenvalue weighted by atomic mass is 10.1. The fourth-order valence-electron chi connectivity index (χ4n) is 1.56. The Labute approximate surface area is 110 Å². The van der Waals surface area contributed by atoms with E-state index in [0.29, 0.717) is 10.6 Å². The van der Waals surface area contributed by atoms with Crippen molar-refractivity contribution < 1.29 is 4.39 Å². The van der Waals surface area contributed by atoms with E-state index >= 15 is 0 Å². The first-order valence-corrected chi connectivity index (χ1v) is 5.74. The summed E-state index contributed by atoms with van der Waals surface area (Å²) in [6.07, 6.45) is 0. The zero-order valence-corrected chi connectivity index (χ0v) is 10.2. The first kappa shape index (κ1) is 12.4. The normalized spacial score (nSPS) is 11.6. The van der Waals surface area contributed by atoms with Gasteiger partial charge in [0.25, 0.3) is 0 Å². The molecule has 2 nitrogen and oxygen atoms in total. The van der Waals surface area contributed by atoms with Crippen LogP contribution in [-0.4, -0.2) is 0 Å². The molecule has 0 heterocycles. The lowest BCUT2D eigenvalue weighted by molar-refractivity contribution is 0.627. The van der Waals surface area contributed by atoms with Crippen molar-refractivity contribution in [1.82, 2.24) is 0 Å². The van der Waals surface area contributed by atoms with Gasteiger partial charge in [0.1, 0.15) is 11.9 Å².